The molecule has 1 aromatic rings. The van der Waals surface area contributed by atoms with Crippen molar-refractivity contribution in [1.82, 2.24) is 20.5 Å². The highest BCUT2D eigenvalue weighted by molar-refractivity contribution is 7.89. The predicted octanol–water partition coefficient (Wildman–Crippen LogP) is 0.455. The highest BCUT2D eigenvalue weighted by atomic mass is 32.2. The highest BCUT2D eigenvalue weighted by Gasteiger charge is 2.27. The Morgan fingerprint density at radius 1 is 1.00 bits per heavy atom. The maximum absolute atomic E-state index is 12.8. The minimum Gasteiger partial charge on any atom is -0.346 e. The number of carbonyl (C=O) groups is 3. The molecule has 0 unspecified atom stereocenters. The molecular formula is C18H26N4O5S. The molecule has 1 fully saturated rings. The molecule has 1 heterocycles. The van der Waals surface area contributed by atoms with Gasteiger partial charge in [-0.15, -0.1) is 0 Å². The molecule has 10 heteroatoms. The van der Waals surface area contributed by atoms with Gasteiger partial charge in [0.05, 0.1) is 4.90 Å². The molecule has 9 nitrogen and oxygen atoms in total. The van der Waals surface area contributed by atoms with Gasteiger partial charge in [0, 0.05) is 24.7 Å². The van der Waals surface area contributed by atoms with Crippen molar-refractivity contribution in [1.29, 1.82) is 0 Å². The number of hydrazine groups is 1. The van der Waals surface area contributed by atoms with Crippen molar-refractivity contribution in [3.05, 3.63) is 29.3 Å². The molecule has 0 aliphatic carbocycles. The molecule has 1 aromatic carbocycles. The van der Waals surface area contributed by atoms with E-state index in [0.717, 1.165) is 19.3 Å². The van der Waals surface area contributed by atoms with Gasteiger partial charge in [-0.1, -0.05) is 12.5 Å². The predicted molar refractivity (Wildman–Crippen MR) is 103 cm³/mol. The van der Waals surface area contributed by atoms with Crippen molar-refractivity contribution in [2.75, 3.05) is 13.1 Å². The van der Waals surface area contributed by atoms with Gasteiger partial charge in [-0.2, -0.15) is 4.31 Å². The maximum Gasteiger partial charge on any atom is 0.327 e. The number of amides is 3. The lowest BCUT2D eigenvalue weighted by molar-refractivity contribution is -0.139. The average Bonchev–Trinajstić information content (AvgIpc) is 2.66. The van der Waals surface area contributed by atoms with Crippen LogP contribution in [0.3, 0.4) is 0 Å². The summed E-state index contributed by atoms with van der Waals surface area (Å²) in [6.45, 7) is 5.96. The number of hydrogen-bond acceptors (Lipinski definition) is 5. The fourth-order valence-corrected chi connectivity index (χ4v) is 4.37. The molecule has 1 saturated heterocycles. The first kappa shape index (κ1) is 21.8. The molecule has 0 saturated carbocycles. The van der Waals surface area contributed by atoms with E-state index in [4.69, 9.17) is 0 Å². The van der Waals surface area contributed by atoms with Gasteiger partial charge in [0.1, 0.15) is 0 Å². The van der Waals surface area contributed by atoms with Crippen LogP contribution < -0.4 is 16.2 Å². The monoisotopic (exact) mass is 410 g/mol. The summed E-state index contributed by atoms with van der Waals surface area (Å²) in [7, 11) is -3.69. The molecule has 3 N–H and O–H groups in total. The van der Waals surface area contributed by atoms with E-state index in [1.807, 2.05) is 5.43 Å². The van der Waals surface area contributed by atoms with Crippen molar-refractivity contribution in [2.45, 2.75) is 51.0 Å². The third-order valence-corrected chi connectivity index (χ3v) is 6.22. The van der Waals surface area contributed by atoms with Crippen molar-refractivity contribution in [2.24, 2.45) is 0 Å². The third-order valence-electron chi connectivity index (χ3n) is 4.32. The summed E-state index contributed by atoms with van der Waals surface area (Å²) in [4.78, 5) is 35.7. The van der Waals surface area contributed by atoms with Crippen LogP contribution in [0.2, 0.25) is 0 Å². The Kier molecular flexibility index (Phi) is 7.14. The van der Waals surface area contributed by atoms with Crippen LogP contribution in [0.4, 0.5) is 0 Å². The number of hydrogen-bond donors (Lipinski definition) is 3. The number of carbonyl (C=O) groups excluding carboxylic acids is 3. The highest BCUT2D eigenvalue weighted by Crippen LogP contribution is 2.22. The molecule has 0 atom stereocenters. The van der Waals surface area contributed by atoms with E-state index in [1.54, 1.807) is 26.8 Å². The van der Waals surface area contributed by atoms with Gasteiger partial charge in [-0.25, -0.2) is 8.42 Å². The first-order valence-corrected chi connectivity index (χ1v) is 10.6. The minimum absolute atomic E-state index is 0.0222. The molecule has 2 rings (SSSR count). The zero-order valence-corrected chi connectivity index (χ0v) is 17.1. The quantitative estimate of drug-likeness (QED) is 0.491. The molecule has 1 aliphatic heterocycles. The Hall–Kier alpha value is -2.46. The first-order valence-electron chi connectivity index (χ1n) is 9.15. The van der Waals surface area contributed by atoms with Crippen LogP contribution in [0.1, 0.15) is 49.0 Å². The molecule has 0 bridgehead atoms. The van der Waals surface area contributed by atoms with Crippen molar-refractivity contribution < 1.29 is 22.8 Å². The van der Waals surface area contributed by atoms with E-state index < -0.39 is 27.7 Å². The Morgan fingerprint density at radius 2 is 1.64 bits per heavy atom. The summed E-state index contributed by atoms with van der Waals surface area (Å²) in [6, 6.07) is 4.06. The number of aryl methyl sites for hydroxylation is 1. The Labute approximate surface area is 164 Å². The van der Waals surface area contributed by atoms with Crippen LogP contribution in [0, 0.1) is 6.92 Å². The summed E-state index contributed by atoms with van der Waals surface area (Å²) < 4.78 is 27.0. The van der Waals surface area contributed by atoms with E-state index >= 15 is 0 Å². The van der Waals surface area contributed by atoms with Gasteiger partial charge in [0.25, 0.3) is 5.91 Å². The van der Waals surface area contributed by atoms with Crippen molar-refractivity contribution in [3.63, 3.8) is 0 Å². The van der Waals surface area contributed by atoms with Gasteiger partial charge in [-0.3, -0.25) is 25.2 Å². The molecular weight excluding hydrogens is 384 g/mol. The lowest BCUT2D eigenvalue weighted by atomic mass is 10.1. The average molecular weight is 410 g/mol. The van der Waals surface area contributed by atoms with Crippen LogP contribution in [0.15, 0.2) is 23.1 Å². The second kappa shape index (κ2) is 9.16. The Morgan fingerprint density at radius 3 is 2.25 bits per heavy atom. The van der Waals surface area contributed by atoms with Gasteiger partial charge >= 0.3 is 11.8 Å². The van der Waals surface area contributed by atoms with E-state index in [0.29, 0.717) is 18.7 Å². The van der Waals surface area contributed by atoms with E-state index in [1.165, 1.54) is 16.4 Å². The summed E-state index contributed by atoms with van der Waals surface area (Å²) >= 11 is 0. The van der Waals surface area contributed by atoms with Crippen molar-refractivity contribution >= 4 is 27.7 Å². The van der Waals surface area contributed by atoms with Crippen LogP contribution >= 0.6 is 0 Å². The van der Waals surface area contributed by atoms with Crippen molar-refractivity contribution in [3.8, 4) is 0 Å². The molecule has 0 aromatic heterocycles. The van der Waals surface area contributed by atoms with E-state index in [-0.39, 0.29) is 16.5 Å². The number of rotatable bonds is 4. The first-order chi connectivity index (χ1) is 13.1. The van der Waals surface area contributed by atoms with E-state index in [2.05, 4.69) is 10.7 Å². The van der Waals surface area contributed by atoms with Gasteiger partial charge in [-0.05, 0) is 51.3 Å². The summed E-state index contributed by atoms with van der Waals surface area (Å²) in [5, 5.41) is 2.40. The summed E-state index contributed by atoms with van der Waals surface area (Å²) in [5.41, 5.74) is 4.81. The van der Waals surface area contributed by atoms with Crippen LogP contribution in [0.25, 0.3) is 0 Å². The van der Waals surface area contributed by atoms with Gasteiger partial charge in [0.15, 0.2) is 0 Å². The third kappa shape index (κ3) is 5.29. The number of nitrogens with zero attached hydrogens (tertiary/aromatic N) is 1. The Balaban J connectivity index is 2.13. The number of nitrogens with one attached hydrogen (secondary N) is 3. The zero-order chi connectivity index (χ0) is 20.9. The zero-order valence-electron chi connectivity index (χ0n) is 16.2. The molecule has 3 amide bonds. The second-order valence-electron chi connectivity index (χ2n) is 6.98. The Bertz CT molecular complexity index is 861. The largest absolute Gasteiger partial charge is 0.346 e. The maximum atomic E-state index is 12.8. The number of sulfonamides is 1. The second-order valence-corrected chi connectivity index (χ2v) is 8.92. The van der Waals surface area contributed by atoms with Crippen LogP contribution in [-0.4, -0.2) is 49.6 Å². The lowest BCUT2D eigenvalue weighted by Crippen LogP contribution is -2.49. The fourth-order valence-electron chi connectivity index (χ4n) is 2.83. The standard InChI is InChI=1S/C18H26N4O5S/c1-12(2)19-17(24)18(25)21-20-16(23)15-11-14(8-7-13(15)3)28(26,27)22-9-5-4-6-10-22/h7-8,11-12H,4-6,9-10H2,1-3H3,(H,19,24)(H,20,23)(H,21,25). The normalized spacial score (nSPS) is 15.1. The van der Waals surface area contributed by atoms with Gasteiger partial charge in [0.2, 0.25) is 10.0 Å². The summed E-state index contributed by atoms with van der Waals surface area (Å²) in [6.07, 6.45) is 2.61. The molecule has 0 radical (unpaired) electrons. The smallest absolute Gasteiger partial charge is 0.327 e. The van der Waals surface area contributed by atoms with Crippen LogP contribution in [0.5, 0.6) is 0 Å². The number of benzene rings is 1. The minimum atomic E-state index is -3.69. The number of piperidine rings is 1. The lowest BCUT2D eigenvalue weighted by Gasteiger charge is -2.26. The molecule has 0 spiro atoms. The molecule has 1 aliphatic rings. The summed E-state index contributed by atoms with van der Waals surface area (Å²) in [5.74, 6) is -2.61. The fraction of sp³-hybridized carbons (Fsp3) is 0.500. The molecule has 28 heavy (non-hydrogen) atoms. The topological polar surface area (TPSA) is 125 Å². The SMILES string of the molecule is Cc1ccc(S(=O)(=O)N2CCCCC2)cc1C(=O)NNC(=O)C(=O)NC(C)C. The van der Waals surface area contributed by atoms with Gasteiger partial charge < -0.3 is 5.32 Å². The van der Waals surface area contributed by atoms with E-state index in [9.17, 15) is 22.8 Å². The molecule has 154 valence electrons. The van der Waals surface area contributed by atoms with Crippen LogP contribution in [-0.2, 0) is 19.6 Å².